The van der Waals surface area contributed by atoms with E-state index in [1.807, 2.05) is 55.5 Å². The molecule has 0 aliphatic rings. The Kier molecular flexibility index (Phi) is 8.52. The van der Waals surface area contributed by atoms with Gasteiger partial charge in [0.2, 0.25) is 0 Å². The maximum absolute atomic E-state index is 12.5. The van der Waals surface area contributed by atoms with Crippen LogP contribution in [0.15, 0.2) is 71.8 Å². The third-order valence-corrected chi connectivity index (χ3v) is 4.69. The van der Waals surface area contributed by atoms with E-state index in [4.69, 9.17) is 25.8 Å². The first-order valence-corrected chi connectivity index (χ1v) is 10.6. The van der Waals surface area contributed by atoms with Crippen molar-refractivity contribution in [1.29, 1.82) is 0 Å². The summed E-state index contributed by atoms with van der Waals surface area (Å²) in [6.45, 7) is 2.96. The van der Waals surface area contributed by atoms with Gasteiger partial charge >= 0.3 is 0 Å². The van der Waals surface area contributed by atoms with Crippen molar-refractivity contribution in [3.8, 4) is 17.2 Å². The first kappa shape index (κ1) is 23.2. The quantitative estimate of drug-likeness (QED) is 0.326. The van der Waals surface area contributed by atoms with E-state index in [-0.39, 0.29) is 5.91 Å². The van der Waals surface area contributed by atoms with Gasteiger partial charge in [-0.25, -0.2) is 5.43 Å². The molecule has 3 rings (SSSR count). The highest BCUT2D eigenvalue weighted by Gasteiger charge is 2.11. The second-order valence-electron chi connectivity index (χ2n) is 6.87. The van der Waals surface area contributed by atoms with Crippen LogP contribution in [0.4, 0.5) is 0 Å². The molecular formula is C25H25ClN2O4. The molecule has 32 heavy (non-hydrogen) atoms. The topological polar surface area (TPSA) is 69.2 Å². The maximum atomic E-state index is 12.5. The lowest BCUT2D eigenvalue weighted by Crippen LogP contribution is -2.17. The van der Waals surface area contributed by atoms with Gasteiger partial charge in [-0.15, -0.1) is 0 Å². The standard InChI is InChI=1S/C25H25ClN2O4/c1-3-13-31-23-12-11-19(15-24(23)30-2)25(29)28-27-16-20-8-4-5-10-22(20)32-17-18-7-6-9-21(26)14-18/h4-12,14-16H,3,13,17H2,1-2H3,(H,28,29)/b27-16+. The highest BCUT2D eigenvalue weighted by Crippen LogP contribution is 2.28. The summed E-state index contributed by atoms with van der Waals surface area (Å²) in [5.41, 5.74) is 4.63. The first-order valence-electron chi connectivity index (χ1n) is 10.2. The van der Waals surface area contributed by atoms with Crippen LogP contribution in [0.25, 0.3) is 0 Å². The summed E-state index contributed by atoms with van der Waals surface area (Å²) in [5.74, 6) is 1.37. The normalized spacial score (nSPS) is 10.7. The van der Waals surface area contributed by atoms with Gasteiger partial charge in [-0.2, -0.15) is 5.10 Å². The van der Waals surface area contributed by atoms with Crippen molar-refractivity contribution in [1.82, 2.24) is 5.43 Å². The second kappa shape index (κ2) is 11.8. The van der Waals surface area contributed by atoms with Crippen molar-refractivity contribution in [3.63, 3.8) is 0 Å². The van der Waals surface area contributed by atoms with E-state index in [1.54, 1.807) is 24.4 Å². The van der Waals surface area contributed by atoms with Crippen molar-refractivity contribution in [2.75, 3.05) is 13.7 Å². The van der Waals surface area contributed by atoms with E-state index >= 15 is 0 Å². The molecule has 0 radical (unpaired) electrons. The number of benzene rings is 3. The van der Waals surface area contributed by atoms with Crippen molar-refractivity contribution in [2.24, 2.45) is 5.10 Å². The molecule has 7 heteroatoms. The Morgan fingerprint density at radius 2 is 1.84 bits per heavy atom. The molecule has 0 saturated carbocycles. The van der Waals surface area contributed by atoms with Gasteiger partial charge in [0.05, 0.1) is 19.9 Å². The lowest BCUT2D eigenvalue weighted by atomic mass is 10.2. The average molecular weight is 453 g/mol. The summed E-state index contributed by atoms with van der Waals surface area (Å²) in [7, 11) is 1.54. The van der Waals surface area contributed by atoms with Gasteiger partial charge in [0, 0.05) is 16.1 Å². The zero-order valence-corrected chi connectivity index (χ0v) is 18.8. The summed E-state index contributed by atoms with van der Waals surface area (Å²) < 4.78 is 16.8. The fraction of sp³-hybridized carbons (Fsp3) is 0.200. The van der Waals surface area contributed by atoms with Gasteiger partial charge < -0.3 is 14.2 Å². The van der Waals surface area contributed by atoms with Crippen LogP contribution in [-0.2, 0) is 6.61 Å². The highest BCUT2D eigenvalue weighted by molar-refractivity contribution is 6.30. The van der Waals surface area contributed by atoms with Crippen LogP contribution in [0.2, 0.25) is 5.02 Å². The monoisotopic (exact) mass is 452 g/mol. The Morgan fingerprint density at radius 3 is 2.62 bits per heavy atom. The number of amides is 1. The summed E-state index contributed by atoms with van der Waals surface area (Å²) in [6.07, 6.45) is 2.42. The minimum Gasteiger partial charge on any atom is -0.493 e. The molecular weight excluding hydrogens is 428 g/mol. The van der Waals surface area contributed by atoms with Crippen LogP contribution < -0.4 is 19.6 Å². The van der Waals surface area contributed by atoms with Gasteiger partial charge in [0.25, 0.3) is 5.91 Å². The molecule has 0 aromatic heterocycles. The molecule has 0 atom stereocenters. The Bertz CT molecular complexity index is 1090. The van der Waals surface area contributed by atoms with Crippen molar-refractivity contribution < 1.29 is 19.0 Å². The molecule has 0 fully saturated rings. The van der Waals surface area contributed by atoms with Crippen LogP contribution in [-0.4, -0.2) is 25.8 Å². The lowest BCUT2D eigenvalue weighted by Gasteiger charge is -2.11. The molecule has 0 saturated heterocycles. The predicted molar refractivity (Wildman–Crippen MR) is 126 cm³/mol. The smallest absolute Gasteiger partial charge is 0.271 e. The number of hydrogen-bond acceptors (Lipinski definition) is 5. The number of hydrogen-bond donors (Lipinski definition) is 1. The number of para-hydroxylation sites is 1. The number of methoxy groups -OCH3 is 1. The third kappa shape index (κ3) is 6.49. The Hall–Kier alpha value is -3.51. The Labute approximate surface area is 192 Å². The fourth-order valence-corrected chi connectivity index (χ4v) is 3.08. The first-order chi connectivity index (χ1) is 15.6. The maximum Gasteiger partial charge on any atom is 0.271 e. The number of nitrogens with zero attached hydrogens (tertiary/aromatic N) is 1. The van der Waals surface area contributed by atoms with Crippen LogP contribution in [0.3, 0.4) is 0 Å². The van der Waals surface area contributed by atoms with Gasteiger partial charge in [0.15, 0.2) is 11.5 Å². The van der Waals surface area contributed by atoms with Gasteiger partial charge in [-0.3, -0.25) is 4.79 Å². The van der Waals surface area contributed by atoms with E-state index in [0.717, 1.165) is 17.5 Å². The van der Waals surface area contributed by atoms with E-state index in [2.05, 4.69) is 10.5 Å². The largest absolute Gasteiger partial charge is 0.493 e. The van der Waals surface area contributed by atoms with Gasteiger partial charge in [-0.1, -0.05) is 42.8 Å². The number of nitrogens with one attached hydrogen (secondary N) is 1. The number of halogens is 1. The number of rotatable bonds is 10. The van der Waals surface area contributed by atoms with Crippen LogP contribution in [0.1, 0.15) is 34.8 Å². The molecule has 0 spiro atoms. The number of carbonyl (C=O) groups excluding carboxylic acids is 1. The molecule has 6 nitrogen and oxygen atoms in total. The minimum absolute atomic E-state index is 0.362. The van der Waals surface area contributed by atoms with Crippen molar-refractivity contribution in [2.45, 2.75) is 20.0 Å². The third-order valence-electron chi connectivity index (χ3n) is 4.46. The summed E-state index contributed by atoms with van der Waals surface area (Å²) >= 11 is 6.02. The summed E-state index contributed by atoms with van der Waals surface area (Å²) in [5, 5.41) is 4.74. The summed E-state index contributed by atoms with van der Waals surface area (Å²) in [4.78, 5) is 12.5. The molecule has 0 aliphatic heterocycles. The number of carbonyl (C=O) groups is 1. The average Bonchev–Trinajstić information content (AvgIpc) is 2.82. The number of ether oxygens (including phenoxy) is 3. The molecule has 166 valence electrons. The van der Waals surface area contributed by atoms with Crippen LogP contribution in [0, 0.1) is 0 Å². The van der Waals surface area contributed by atoms with E-state index < -0.39 is 0 Å². The van der Waals surface area contributed by atoms with E-state index in [1.165, 1.54) is 7.11 Å². The highest BCUT2D eigenvalue weighted by atomic mass is 35.5. The summed E-state index contributed by atoms with van der Waals surface area (Å²) in [6, 6.07) is 19.9. The zero-order valence-electron chi connectivity index (χ0n) is 18.0. The molecule has 3 aromatic carbocycles. The molecule has 0 bridgehead atoms. The van der Waals surface area contributed by atoms with E-state index in [9.17, 15) is 4.79 Å². The molecule has 0 heterocycles. The molecule has 3 aromatic rings. The SMILES string of the molecule is CCCOc1ccc(C(=O)N/N=C/c2ccccc2OCc2cccc(Cl)c2)cc1OC. The van der Waals surface area contributed by atoms with Gasteiger partial charge in [0.1, 0.15) is 12.4 Å². The Morgan fingerprint density at radius 1 is 1.00 bits per heavy atom. The molecule has 1 N–H and O–H groups in total. The lowest BCUT2D eigenvalue weighted by molar-refractivity contribution is 0.0954. The van der Waals surface area contributed by atoms with Crippen LogP contribution >= 0.6 is 11.6 Å². The van der Waals surface area contributed by atoms with E-state index in [0.29, 0.717) is 41.0 Å². The van der Waals surface area contributed by atoms with Crippen LogP contribution in [0.5, 0.6) is 17.2 Å². The molecule has 0 aliphatic carbocycles. The Balaban J connectivity index is 1.64. The fourth-order valence-electron chi connectivity index (χ4n) is 2.87. The van der Waals surface area contributed by atoms with Gasteiger partial charge in [-0.05, 0) is 54.4 Å². The minimum atomic E-state index is -0.362. The van der Waals surface area contributed by atoms with Crippen molar-refractivity contribution >= 4 is 23.7 Å². The van der Waals surface area contributed by atoms with Crippen molar-refractivity contribution in [3.05, 3.63) is 88.4 Å². The second-order valence-corrected chi connectivity index (χ2v) is 7.31. The molecule has 0 unspecified atom stereocenters. The zero-order chi connectivity index (χ0) is 22.8. The number of hydrazone groups is 1. The molecule has 1 amide bonds. The predicted octanol–water partition coefficient (Wildman–Crippen LogP) is 5.48.